The van der Waals surface area contributed by atoms with Gasteiger partial charge >= 0.3 is 0 Å². The van der Waals surface area contributed by atoms with Crippen molar-refractivity contribution in [3.05, 3.63) is 106 Å². The van der Waals surface area contributed by atoms with Crippen molar-refractivity contribution >= 4 is 27.3 Å². The van der Waals surface area contributed by atoms with E-state index in [2.05, 4.69) is 9.82 Å². The van der Waals surface area contributed by atoms with E-state index in [0.717, 1.165) is 16.0 Å². The molecule has 0 fully saturated rings. The van der Waals surface area contributed by atoms with Crippen molar-refractivity contribution in [2.45, 2.75) is 24.5 Å². The van der Waals surface area contributed by atoms with Gasteiger partial charge in [-0.1, -0.05) is 42.5 Å². The Balaban J connectivity index is 1.40. The number of hydrogen-bond acceptors (Lipinski definition) is 5. The number of aromatic nitrogens is 2. The molecule has 1 amide bonds. The first kappa shape index (κ1) is 22.9. The first-order valence-electron chi connectivity index (χ1n) is 10.3. The van der Waals surface area contributed by atoms with E-state index in [9.17, 15) is 13.2 Å². The minimum absolute atomic E-state index is 0.0639. The lowest BCUT2D eigenvalue weighted by atomic mass is 10.2. The summed E-state index contributed by atoms with van der Waals surface area (Å²) in [6.07, 6.45) is 3.65. The van der Waals surface area contributed by atoms with Crippen molar-refractivity contribution in [3.8, 4) is 0 Å². The average Bonchev–Trinajstić information content (AvgIpc) is 3.50. The van der Waals surface area contributed by atoms with Gasteiger partial charge in [0.25, 0.3) is 5.91 Å². The van der Waals surface area contributed by atoms with Crippen LogP contribution < -0.4 is 4.72 Å². The Morgan fingerprint density at radius 1 is 1.06 bits per heavy atom. The lowest BCUT2D eigenvalue weighted by Crippen LogP contribution is -2.27. The average molecular weight is 481 g/mol. The standard InChI is InChI=1S/C24H24N4O3S2/c1-27(16-20-14-25-28(18-20)17-19-7-3-2-4-8-19)24(29)21-9-5-11-23(13-21)33(30,31)26-15-22-10-6-12-32-22/h2-14,18,26H,15-17H2,1H3. The molecule has 0 atom stereocenters. The van der Waals surface area contributed by atoms with Crippen LogP contribution >= 0.6 is 11.3 Å². The summed E-state index contributed by atoms with van der Waals surface area (Å²) in [5.74, 6) is -0.263. The highest BCUT2D eigenvalue weighted by Crippen LogP contribution is 2.16. The third-order valence-electron chi connectivity index (χ3n) is 5.05. The summed E-state index contributed by atoms with van der Waals surface area (Å²) in [6.45, 7) is 1.23. The summed E-state index contributed by atoms with van der Waals surface area (Å²) in [4.78, 5) is 15.5. The van der Waals surface area contributed by atoms with Gasteiger partial charge in [0.15, 0.2) is 0 Å². The zero-order valence-corrected chi connectivity index (χ0v) is 19.7. The number of rotatable bonds is 9. The number of thiophene rings is 1. The second kappa shape index (κ2) is 10.1. The van der Waals surface area contributed by atoms with E-state index in [1.54, 1.807) is 30.3 Å². The Kier molecular flexibility index (Phi) is 7.02. The van der Waals surface area contributed by atoms with Crippen molar-refractivity contribution in [1.82, 2.24) is 19.4 Å². The van der Waals surface area contributed by atoms with Crippen LogP contribution in [0.3, 0.4) is 0 Å². The molecule has 0 unspecified atom stereocenters. The molecule has 0 saturated carbocycles. The summed E-state index contributed by atoms with van der Waals surface area (Å²) in [7, 11) is -2.04. The van der Waals surface area contributed by atoms with Crippen LogP contribution in [0.5, 0.6) is 0 Å². The van der Waals surface area contributed by atoms with Crippen molar-refractivity contribution in [2.24, 2.45) is 0 Å². The number of hydrogen-bond donors (Lipinski definition) is 1. The zero-order chi connectivity index (χ0) is 23.3. The summed E-state index contributed by atoms with van der Waals surface area (Å²) in [5.41, 5.74) is 2.35. The van der Waals surface area contributed by atoms with E-state index in [-0.39, 0.29) is 17.3 Å². The molecule has 2 aromatic heterocycles. The Labute approximate surface area is 197 Å². The van der Waals surface area contributed by atoms with Gasteiger partial charge in [0.05, 0.1) is 17.6 Å². The monoisotopic (exact) mass is 480 g/mol. The van der Waals surface area contributed by atoms with Crippen molar-refractivity contribution in [2.75, 3.05) is 7.05 Å². The summed E-state index contributed by atoms with van der Waals surface area (Å²) < 4.78 is 29.8. The molecule has 1 N–H and O–H groups in total. The third-order valence-corrected chi connectivity index (χ3v) is 7.32. The fourth-order valence-electron chi connectivity index (χ4n) is 3.37. The SMILES string of the molecule is CN(Cc1cnn(Cc2ccccc2)c1)C(=O)c1cccc(S(=O)(=O)NCc2cccs2)c1. The molecular weight excluding hydrogens is 456 g/mol. The molecule has 0 spiro atoms. The van der Waals surface area contributed by atoms with E-state index in [0.29, 0.717) is 18.7 Å². The second-order valence-corrected chi connectivity index (χ2v) is 10.4. The molecule has 0 aliphatic carbocycles. The third kappa shape index (κ3) is 5.95. The Bertz CT molecular complexity index is 1320. The zero-order valence-electron chi connectivity index (χ0n) is 18.1. The van der Waals surface area contributed by atoms with Gasteiger partial charge in [0.1, 0.15) is 0 Å². The van der Waals surface area contributed by atoms with Crippen LogP contribution in [0.25, 0.3) is 0 Å². The molecule has 2 heterocycles. The summed E-state index contributed by atoms with van der Waals surface area (Å²) >= 11 is 1.48. The highest BCUT2D eigenvalue weighted by atomic mass is 32.2. The van der Waals surface area contributed by atoms with Crippen LogP contribution in [0.1, 0.15) is 26.4 Å². The maximum absolute atomic E-state index is 13.0. The van der Waals surface area contributed by atoms with Crippen molar-refractivity contribution < 1.29 is 13.2 Å². The van der Waals surface area contributed by atoms with E-state index in [1.807, 2.05) is 58.7 Å². The van der Waals surface area contributed by atoms with Gasteiger partial charge < -0.3 is 4.90 Å². The largest absolute Gasteiger partial charge is 0.337 e. The second-order valence-electron chi connectivity index (χ2n) is 7.62. The van der Waals surface area contributed by atoms with Crippen molar-refractivity contribution in [3.63, 3.8) is 0 Å². The predicted octanol–water partition coefficient (Wildman–Crippen LogP) is 3.74. The molecule has 170 valence electrons. The molecular formula is C24H24N4O3S2. The maximum atomic E-state index is 13.0. The fourth-order valence-corrected chi connectivity index (χ4v) is 5.16. The normalized spacial score (nSPS) is 11.4. The van der Waals surface area contributed by atoms with E-state index < -0.39 is 10.0 Å². The quantitative estimate of drug-likeness (QED) is 0.396. The van der Waals surface area contributed by atoms with Gasteiger partial charge in [-0.05, 0) is 35.2 Å². The van der Waals surface area contributed by atoms with Crippen LogP contribution in [0.2, 0.25) is 0 Å². The van der Waals surface area contributed by atoms with Gasteiger partial charge in [0, 0.05) is 42.3 Å². The molecule has 0 aliphatic rings. The fraction of sp³-hybridized carbons (Fsp3) is 0.167. The number of nitrogens with zero attached hydrogens (tertiary/aromatic N) is 3. The molecule has 0 bridgehead atoms. The van der Waals surface area contributed by atoms with Gasteiger partial charge in [-0.15, -0.1) is 11.3 Å². The highest BCUT2D eigenvalue weighted by Gasteiger charge is 2.18. The molecule has 0 aliphatic heterocycles. The maximum Gasteiger partial charge on any atom is 0.253 e. The number of amides is 1. The van der Waals surface area contributed by atoms with Gasteiger partial charge in [-0.3, -0.25) is 9.48 Å². The Morgan fingerprint density at radius 2 is 1.88 bits per heavy atom. The minimum atomic E-state index is -3.73. The lowest BCUT2D eigenvalue weighted by Gasteiger charge is -2.17. The lowest BCUT2D eigenvalue weighted by molar-refractivity contribution is 0.0785. The number of nitrogens with one attached hydrogen (secondary N) is 1. The molecule has 0 radical (unpaired) electrons. The number of sulfonamides is 1. The Morgan fingerprint density at radius 3 is 2.64 bits per heavy atom. The van der Waals surface area contributed by atoms with Crippen LogP contribution in [0.4, 0.5) is 0 Å². The number of carbonyl (C=O) groups is 1. The topological polar surface area (TPSA) is 84.3 Å². The first-order chi connectivity index (χ1) is 15.9. The van der Waals surface area contributed by atoms with E-state index in [4.69, 9.17) is 0 Å². The highest BCUT2D eigenvalue weighted by molar-refractivity contribution is 7.89. The van der Waals surface area contributed by atoms with Gasteiger partial charge in [0.2, 0.25) is 10.0 Å². The van der Waals surface area contributed by atoms with Crippen LogP contribution in [-0.2, 0) is 29.7 Å². The number of benzene rings is 2. The molecule has 2 aromatic carbocycles. The van der Waals surface area contributed by atoms with E-state index >= 15 is 0 Å². The molecule has 33 heavy (non-hydrogen) atoms. The van der Waals surface area contributed by atoms with Gasteiger partial charge in [-0.2, -0.15) is 5.10 Å². The Hall–Kier alpha value is -3.27. The smallest absolute Gasteiger partial charge is 0.253 e. The summed E-state index contributed by atoms with van der Waals surface area (Å²) in [5, 5.41) is 6.27. The minimum Gasteiger partial charge on any atom is -0.337 e. The van der Waals surface area contributed by atoms with Crippen LogP contribution in [0, 0.1) is 0 Å². The molecule has 0 saturated heterocycles. The predicted molar refractivity (Wildman–Crippen MR) is 128 cm³/mol. The van der Waals surface area contributed by atoms with Crippen LogP contribution in [0.15, 0.2) is 89.4 Å². The molecule has 9 heteroatoms. The van der Waals surface area contributed by atoms with Gasteiger partial charge in [-0.25, -0.2) is 13.1 Å². The van der Waals surface area contributed by atoms with Crippen LogP contribution in [-0.4, -0.2) is 36.1 Å². The first-order valence-corrected chi connectivity index (χ1v) is 12.7. The summed E-state index contributed by atoms with van der Waals surface area (Å²) in [6, 6.07) is 19.8. The number of carbonyl (C=O) groups excluding carboxylic acids is 1. The molecule has 7 nitrogen and oxygen atoms in total. The molecule has 4 rings (SSSR count). The van der Waals surface area contributed by atoms with Crippen molar-refractivity contribution in [1.29, 1.82) is 0 Å². The van der Waals surface area contributed by atoms with E-state index in [1.165, 1.54) is 23.5 Å². The molecule has 4 aromatic rings.